The maximum Gasteiger partial charge on any atom is 0.334 e. The molecule has 0 saturated heterocycles. The molecule has 2 N–H and O–H groups in total. The summed E-state index contributed by atoms with van der Waals surface area (Å²) in [5.41, 5.74) is 2.46. The fourth-order valence-electron chi connectivity index (χ4n) is 4.92. The van der Waals surface area contributed by atoms with Gasteiger partial charge in [0.15, 0.2) is 0 Å². The average molecular weight is 390 g/mol. The summed E-state index contributed by atoms with van der Waals surface area (Å²) in [6.07, 6.45) is 1.98. The molecule has 28 heavy (non-hydrogen) atoms. The first-order valence-corrected chi connectivity index (χ1v) is 9.83. The van der Waals surface area contributed by atoms with Gasteiger partial charge < -0.3 is 19.7 Å². The molecule has 1 heterocycles. The Labute approximate surface area is 165 Å². The summed E-state index contributed by atoms with van der Waals surface area (Å²) in [5, 5.41) is 22.3. The molecule has 0 unspecified atom stereocenters. The van der Waals surface area contributed by atoms with Crippen molar-refractivity contribution in [3.05, 3.63) is 34.4 Å². The van der Waals surface area contributed by atoms with E-state index >= 15 is 0 Å². The number of aliphatic hydroxyl groups excluding tert-OH is 2. The largest absolute Gasteiger partial charge is 0.459 e. The molecule has 0 amide bonds. The van der Waals surface area contributed by atoms with Gasteiger partial charge in [-0.1, -0.05) is 24.1 Å². The lowest BCUT2D eigenvalue weighted by molar-refractivity contribution is -0.172. The molecule has 6 nitrogen and oxygen atoms in total. The van der Waals surface area contributed by atoms with Crippen LogP contribution in [0.1, 0.15) is 53.9 Å². The molecule has 2 aliphatic carbocycles. The van der Waals surface area contributed by atoms with Gasteiger partial charge in [-0.25, -0.2) is 4.79 Å². The lowest BCUT2D eigenvalue weighted by atomic mass is 9.59. The fraction of sp³-hybridized carbons (Fsp3) is 0.636. The molecular formula is C22H30O6. The van der Waals surface area contributed by atoms with Gasteiger partial charge in [-0.05, 0) is 51.2 Å². The second-order valence-corrected chi connectivity index (χ2v) is 8.61. The molecule has 0 aromatic rings. The second-order valence-electron chi connectivity index (χ2n) is 8.61. The van der Waals surface area contributed by atoms with Crippen LogP contribution in [-0.2, 0) is 19.1 Å². The number of hydrogen-bond acceptors (Lipinski definition) is 6. The number of carbonyl (C=O) groups is 2. The van der Waals surface area contributed by atoms with Crippen molar-refractivity contribution in [1.82, 2.24) is 0 Å². The maximum absolute atomic E-state index is 12.2. The zero-order valence-corrected chi connectivity index (χ0v) is 17.2. The SMILES string of the molecule is CC(=O)O[C@@H]1C/C(C)=C\[C@@H]2OC(=O)C(C)=C2C[C@H]2C(C)=CC[C@H](O)[C@]2(C)[C@H]1O. The summed E-state index contributed by atoms with van der Waals surface area (Å²) < 4.78 is 11.0. The van der Waals surface area contributed by atoms with Gasteiger partial charge in [0.2, 0.25) is 0 Å². The lowest BCUT2D eigenvalue weighted by Gasteiger charge is -2.50. The van der Waals surface area contributed by atoms with Gasteiger partial charge in [-0.15, -0.1) is 0 Å². The van der Waals surface area contributed by atoms with E-state index < -0.39 is 35.8 Å². The van der Waals surface area contributed by atoms with Crippen LogP contribution in [0.5, 0.6) is 0 Å². The minimum absolute atomic E-state index is 0.210. The Hall–Kier alpha value is -1.92. The van der Waals surface area contributed by atoms with Gasteiger partial charge >= 0.3 is 11.9 Å². The molecule has 0 spiro atoms. The lowest BCUT2D eigenvalue weighted by Crippen LogP contribution is -2.56. The number of ether oxygens (including phenoxy) is 2. The van der Waals surface area contributed by atoms with E-state index in [0.717, 1.165) is 16.7 Å². The number of hydrogen-bond donors (Lipinski definition) is 2. The second kappa shape index (κ2) is 7.48. The number of fused-ring (bicyclic) bond motifs is 2. The van der Waals surface area contributed by atoms with Gasteiger partial charge in [0.25, 0.3) is 0 Å². The normalized spacial score (nSPS) is 40.5. The van der Waals surface area contributed by atoms with E-state index in [4.69, 9.17) is 9.47 Å². The highest BCUT2D eigenvalue weighted by molar-refractivity contribution is 5.92. The first kappa shape index (κ1) is 20.8. The minimum Gasteiger partial charge on any atom is -0.459 e. The van der Waals surface area contributed by atoms with E-state index in [1.165, 1.54) is 6.92 Å². The Morgan fingerprint density at radius 1 is 1.25 bits per heavy atom. The Morgan fingerprint density at radius 2 is 1.93 bits per heavy atom. The molecule has 0 radical (unpaired) electrons. The van der Waals surface area contributed by atoms with Crippen LogP contribution < -0.4 is 0 Å². The van der Waals surface area contributed by atoms with Crippen LogP contribution in [0, 0.1) is 11.3 Å². The molecule has 6 heteroatoms. The summed E-state index contributed by atoms with van der Waals surface area (Å²) in [6.45, 7) is 8.78. The highest BCUT2D eigenvalue weighted by Crippen LogP contribution is 2.50. The van der Waals surface area contributed by atoms with Crippen molar-refractivity contribution < 1.29 is 29.3 Å². The first-order chi connectivity index (χ1) is 13.1. The summed E-state index contributed by atoms with van der Waals surface area (Å²) >= 11 is 0. The molecule has 3 aliphatic rings. The van der Waals surface area contributed by atoms with Gasteiger partial charge in [0, 0.05) is 24.3 Å². The zero-order valence-electron chi connectivity index (χ0n) is 17.2. The van der Waals surface area contributed by atoms with Crippen molar-refractivity contribution in [2.45, 2.75) is 78.3 Å². The van der Waals surface area contributed by atoms with Crippen molar-refractivity contribution >= 4 is 11.9 Å². The van der Waals surface area contributed by atoms with Crippen molar-refractivity contribution in [1.29, 1.82) is 0 Å². The fourth-order valence-corrected chi connectivity index (χ4v) is 4.92. The number of rotatable bonds is 1. The van der Waals surface area contributed by atoms with Crippen molar-refractivity contribution in [3.8, 4) is 0 Å². The first-order valence-electron chi connectivity index (χ1n) is 9.83. The number of allylic oxidation sites excluding steroid dienone is 1. The highest BCUT2D eigenvalue weighted by Gasteiger charge is 2.53. The van der Waals surface area contributed by atoms with Crippen molar-refractivity contribution in [3.63, 3.8) is 0 Å². The Balaban J connectivity index is 2.16. The van der Waals surface area contributed by atoms with E-state index in [2.05, 4.69) is 0 Å². The zero-order chi connectivity index (χ0) is 20.8. The quantitative estimate of drug-likeness (QED) is 0.528. The van der Waals surface area contributed by atoms with Crippen LogP contribution in [0.3, 0.4) is 0 Å². The third-order valence-electron chi connectivity index (χ3n) is 6.74. The molecule has 1 aliphatic heterocycles. The number of aliphatic hydroxyl groups is 2. The van der Waals surface area contributed by atoms with Crippen molar-refractivity contribution in [2.75, 3.05) is 0 Å². The van der Waals surface area contributed by atoms with E-state index in [9.17, 15) is 19.8 Å². The molecule has 0 bridgehead atoms. The number of carbonyl (C=O) groups excluding carboxylic acids is 2. The molecule has 0 aromatic heterocycles. The molecule has 3 rings (SSSR count). The van der Waals surface area contributed by atoms with E-state index in [1.807, 2.05) is 32.9 Å². The van der Waals surface area contributed by atoms with Crippen LogP contribution in [0.15, 0.2) is 34.4 Å². The molecule has 0 fully saturated rings. The molecular weight excluding hydrogens is 360 g/mol. The maximum atomic E-state index is 12.2. The average Bonchev–Trinajstić information content (AvgIpc) is 2.86. The minimum atomic E-state index is -1.06. The Bertz CT molecular complexity index is 776. The summed E-state index contributed by atoms with van der Waals surface area (Å²) in [7, 11) is 0. The molecule has 0 aromatic carbocycles. The van der Waals surface area contributed by atoms with Crippen LogP contribution in [0.4, 0.5) is 0 Å². The standard InChI is InChI=1S/C22H30O6/c1-11-8-17-15(13(3)21(26)28-17)10-16-12(2)6-7-19(24)22(16,5)20(25)18(9-11)27-14(4)23/h6,8,16-20,24-25H,7,9-10H2,1-5H3/b11-8-/t16-,17-,18+,19-,20-,22+/m0/s1. The van der Waals surface area contributed by atoms with Gasteiger partial charge in [-0.2, -0.15) is 0 Å². The Morgan fingerprint density at radius 3 is 2.57 bits per heavy atom. The van der Waals surface area contributed by atoms with E-state index in [-0.39, 0.29) is 11.9 Å². The third kappa shape index (κ3) is 3.44. The predicted molar refractivity (Wildman–Crippen MR) is 103 cm³/mol. The van der Waals surface area contributed by atoms with Crippen LogP contribution >= 0.6 is 0 Å². The summed E-state index contributed by atoms with van der Waals surface area (Å²) in [6, 6.07) is 0. The van der Waals surface area contributed by atoms with Gasteiger partial charge in [-0.3, -0.25) is 4.79 Å². The van der Waals surface area contributed by atoms with Gasteiger partial charge in [0.05, 0.1) is 12.2 Å². The summed E-state index contributed by atoms with van der Waals surface area (Å²) in [4.78, 5) is 23.9. The van der Waals surface area contributed by atoms with Gasteiger partial charge in [0.1, 0.15) is 12.2 Å². The Kier molecular flexibility index (Phi) is 5.56. The molecule has 0 saturated carbocycles. The molecule has 154 valence electrons. The van der Waals surface area contributed by atoms with Crippen LogP contribution in [0.25, 0.3) is 0 Å². The summed E-state index contributed by atoms with van der Waals surface area (Å²) in [5.74, 6) is -1.02. The third-order valence-corrected chi connectivity index (χ3v) is 6.74. The highest BCUT2D eigenvalue weighted by atomic mass is 16.6. The monoisotopic (exact) mass is 390 g/mol. The predicted octanol–water partition coefficient (Wildman–Crippen LogP) is 2.59. The smallest absolute Gasteiger partial charge is 0.334 e. The van der Waals surface area contributed by atoms with E-state index in [1.54, 1.807) is 6.92 Å². The number of esters is 2. The topological polar surface area (TPSA) is 93.1 Å². The van der Waals surface area contributed by atoms with E-state index in [0.29, 0.717) is 24.8 Å². The van der Waals surface area contributed by atoms with Crippen LogP contribution in [0.2, 0.25) is 0 Å². The molecule has 6 atom stereocenters. The van der Waals surface area contributed by atoms with Crippen molar-refractivity contribution in [2.24, 2.45) is 11.3 Å². The van der Waals surface area contributed by atoms with Crippen LogP contribution in [-0.4, -0.2) is 46.6 Å².